The lowest BCUT2D eigenvalue weighted by molar-refractivity contribution is 0.116. The molecule has 1 N–H and O–H groups in total. The zero-order valence-electron chi connectivity index (χ0n) is 22.3. The fourth-order valence-corrected chi connectivity index (χ4v) is 5.76. The van der Waals surface area contributed by atoms with Crippen LogP contribution in [0.4, 0.5) is 13.2 Å². The van der Waals surface area contributed by atoms with Gasteiger partial charge in [-0.05, 0) is 55.8 Å². The van der Waals surface area contributed by atoms with Gasteiger partial charge >= 0.3 is 0 Å². The Bertz CT molecular complexity index is 1760. The summed E-state index contributed by atoms with van der Waals surface area (Å²) in [5.74, 6) is -3.60. The molecular weight excluding hydrogens is 563 g/mol. The van der Waals surface area contributed by atoms with Crippen LogP contribution in [0.5, 0.6) is 5.88 Å². The Balaban J connectivity index is 1.91. The topological polar surface area (TPSA) is 121 Å². The normalized spacial score (nSPS) is 12.4. The van der Waals surface area contributed by atoms with Crippen molar-refractivity contribution in [2.24, 2.45) is 0 Å². The minimum absolute atomic E-state index is 0.0490. The van der Waals surface area contributed by atoms with Crippen LogP contribution in [0.1, 0.15) is 30.0 Å². The highest BCUT2D eigenvalue weighted by atomic mass is 32.2. The Labute approximate surface area is 233 Å². The molecule has 9 nitrogen and oxygen atoms in total. The molecule has 2 aromatic heterocycles. The zero-order valence-corrected chi connectivity index (χ0v) is 23.1. The largest absolute Gasteiger partial charge is 0.492 e. The molecule has 1 atom stereocenters. The van der Waals surface area contributed by atoms with E-state index in [-0.39, 0.29) is 48.0 Å². The predicted molar refractivity (Wildman–Crippen MR) is 142 cm³/mol. The van der Waals surface area contributed by atoms with Crippen molar-refractivity contribution in [3.8, 4) is 17.0 Å². The second-order valence-electron chi connectivity index (χ2n) is 8.93. The summed E-state index contributed by atoms with van der Waals surface area (Å²) in [6.45, 7) is 2.88. The number of ether oxygens (including phenoxy) is 2. The van der Waals surface area contributed by atoms with E-state index in [0.717, 1.165) is 28.8 Å². The van der Waals surface area contributed by atoms with E-state index >= 15 is 4.39 Å². The van der Waals surface area contributed by atoms with Crippen molar-refractivity contribution in [3.63, 3.8) is 0 Å². The summed E-state index contributed by atoms with van der Waals surface area (Å²) in [6, 6.07) is 9.45. The van der Waals surface area contributed by atoms with Crippen molar-refractivity contribution in [2.45, 2.75) is 36.3 Å². The summed E-state index contributed by atoms with van der Waals surface area (Å²) in [4.78, 5) is 19.7. The number of aromatic nitrogens is 3. The van der Waals surface area contributed by atoms with E-state index in [4.69, 9.17) is 9.47 Å². The third-order valence-corrected chi connectivity index (χ3v) is 8.06. The summed E-state index contributed by atoms with van der Waals surface area (Å²) in [6.07, 6.45) is 0. The van der Waals surface area contributed by atoms with Gasteiger partial charge in [0.15, 0.2) is 4.90 Å². The van der Waals surface area contributed by atoms with E-state index in [1.54, 1.807) is 6.92 Å². The van der Waals surface area contributed by atoms with Crippen LogP contribution in [0, 0.1) is 24.5 Å². The molecule has 0 saturated carbocycles. The standard InChI is InChI=1S/C28H26F3N3O6S/c1-4-40-15-25-33-27(35)26(28(36)34(25)23(14-39-3)17-6-5-7-18(29)12-17)41(37,38)19-8-9-21(22(30)13-19)20-10-11-24(31)32-16(20)2/h5-13,23,35H,4,14-15H2,1-3H3. The second-order valence-corrected chi connectivity index (χ2v) is 10.8. The Hall–Kier alpha value is -4.07. The van der Waals surface area contributed by atoms with E-state index in [2.05, 4.69) is 9.97 Å². The van der Waals surface area contributed by atoms with Crippen LogP contribution in [-0.2, 0) is 25.9 Å². The molecule has 2 heterocycles. The van der Waals surface area contributed by atoms with Gasteiger partial charge in [0.25, 0.3) is 5.56 Å². The van der Waals surface area contributed by atoms with Crippen LogP contribution in [-0.4, -0.2) is 48.4 Å². The summed E-state index contributed by atoms with van der Waals surface area (Å²) in [5, 5.41) is 10.7. The summed E-state index contributed by atoms with van der Waals surface area (Å²) in [7, 11) is -3.51. The van der Waals surface area contributed by atoms with Gasteiger partial charge in [-0.15, -0.1) is 0 Å². The van der Waals surface area contributed by atoms with Crippen molar-refractivity contribution < 1.29 is 36.2 Å². The number of aromatic hydroxyl groups is 1. The highest BCUT2D eigenvalue weighted by Gasteiger charge is 2.33. The molecule has 13 heteroatoms. The quantitative estimate of drug-likeness (QED) is 0.271. The predicted octanol–water partition coefficient (Wildman–Crippen LogP) is 4.34. The SMILES string of the molecule is CCOCc1nc(O)c(S(=O)(=O)c2ccc(-c3ccc(F)nc3C)c(F)c2)c(=O)n1C(COC)c1cccc(F)c1. The molecule has 0 aliphatic rings. The smallest absolute Gasteiger partial charge is 0.277 e. The van der Waals surface area contributed by atoms with Gasteiger partial charge in [-0.25, -0.2) is 22.2 Å². The molecule has 41 heavy (non-hydrogen) atoms. The maximum absolute atomic E-state index is 15.2. The maximum atomic E-state index is 15.2. The summed E-state index contributed by atoms with van der Waals surface area (Å²) < 4.78 is 81.7. The fourth-order valence-electron chi connectivity index (χ4n) is 4.41. The molecule has 0 saturated heterocycles. The molecule has 0 bridgehead atoms. The molecule has 0 amide bonds. The van der Waals surface area contributed by atoms with Gasteiger partial charge in [0.2, 0.25) is 21.7 Å². The Morgan fingerprint density at radius 1 is 1.02 bits per heavy atom. The van der Waals surface area contributed by atoms with Gasteiger partial charge in [-0.1, -0.05) is 18.2 Å². The molecular formula is C28H26F3N3O6S. The number of hydrogen-bond donors (Lipinski definition) is 1. The number of pyridine rings is 1. The van der Waals surface area contributed by atoms with E-state index in [9.17, 15) is 27.1 Å². The number of hydrogen-bond acceptors (Lipinski definition) is 8. The van der Waals surface area contributed by atoms with Gasteiger partial charge in [0.1, 0.15) is 24.1 Å². The lowest BCUT2D eigenvalue weighted by Gasteiger charge is -2.24. The van der Waals surface area contributed by atoms with Crippen LogP contribution in [0.2, 0.25) is 0 Å². The Kier molecular flexibility index (Phi) is 8.90. The number of rotatable bonds is 10. The molecule has 2 aromatic carbocycles. The van der Waals surface area contributed by atoms with Gasteiger partial charge in [0, 0.05) is 30.5 Å². The first-order chi connectivity index (χ1) is 19.5. The van der Waals surface area contributed by atoms with Crippen molar-refractivity contribution in [3.05, 3.63) is 99.6 Å². The first-order valence-corrected chi connectivity index (χ1v) is 13.8. The number of nitrogens with zero attached hydrogens (tertiary/aromatic N) is 3. The third-order valence-electron chi connectivity index (χ3n) is 6.30. The minimum Gasteiger partial charge on any atom is -0.492 e. The Morgan fingerprint density at radius 3 is 2.39 bits per heavy atom. The van der Waals surface area contributed by atoms with Crippen LogP contribution in [0.3, 0.4) is 0 Å². The number of benzene rings is 2. The van der Waals surface area contributed by atoms with Crippen LogP contribution >= 0.6 is 0 Å². The molecule has 0 aliphatic carbocycles. The lowest BCUT2D eigenvalue weighted by Crippen LogP contribution is -2.35. The molecule has 216 valence electrons. The van der Waals surface area contributed by atoms with Gasteiger partial charge in [-0.2, -0.15) is 9.37 Å². The first-order valence-electron chi connectivity index (χ1n) is 12.3. The van der Waals surface area contributed by atoms with Gasteiger partial charge in [-0.3, -0.25) is 9.36 Å². The molecule has 0 radical (unpaired) electrons. The average Bonchev–Trinajstić information content (AvgIpc) is 2.91. The monoisotopic (exact) mass is 589 g/mol. The fraction of sp³-hybridized carbons (Fsp3) is 0.250. The zero-order chi connectivity index (χ0) is 29.9. The molecule has 4 rings (SSSR count). The summed E-state index contributed by atoms with van der Waals surface area (Å²) in [5.41, 5.74) is -0.567. The van der Waals surface area contributed by atoms with Crippen LogP contribution < -0.4 is 5.56 Å². The van der Waals surface area contributed by atoms with E-state index in [1.807, 2.05) is 0 Å². The maximum Gasteiger partial charge on any atom is 0.277 e. The molecule has 4 aromatic rings. The van der Waals surface area contributed by atoms with Crippen LogP contribution in [0.15, 0.2) is 69.2 Å². The Morgan fingerprint density at radius 2 is 1.76 bits per heavy atom. The average molecular weight is 590 g/mol. The number of aryl methyl sites for hydroxylation is 1. The van der Waals surface area contributed by atoms with Crippen molar-refractivity contribution in [1.82, 2.24) is 14.5 Å². The summed E-state index contributed by atoms with van der Waals surface area (Å²) >= 11 is 0. The highest BCUT2D eigenvalue weighted by molar-refractivity contribution is 7.91. The number of halogens is 3. The van der Waals surface area contributed by atoms with Crippen molar-refractivity contribution in [1.29, 1.82) is 0 Å². The lowest BCUT2D eigenvalue weighted by atomic mass is 10.0. The van der Waals surface area contributed by atoms with Gasteiger partial charge in [0.05, 0.1) is 17.5 Å². The van der Waals surface area contributed by atoms with E-state index < -0.39 is 54.7 Å². The molecule has 1 unspecified atom stereocenters. The number of methoxy groups -OCH3 is 1. The van der Waals surface area contributed by atoms with E-state index in [0.29, 0.717) is 6.07 Å². The highest BCUT2D eigenvalue weighted by Crippen LogP contribution is 2.31. The molecule has 0 spiro atoms. The number of sulfone groups is 1. The van der Waals surface area contributed by atoms with Crippen molar-refractivity contribution >= 4 is 9.84 Å². The van der Waals surface area contributed by atoms with Crippen LogP contribution in [0.25, 0.3) is 11.1 Å². The molecule has 0 fully saturated rings. The van der Waals surface area contributed by atoms with Gasteiger partial charge < -0.3 is 14.6 Å². The molecule has 0 aliphatic heterocycles. The van der Waals surface area contributed by atoms with E-state index in [1.165, 1.54) is 38.3 Å². The third kappa shape index (κ3) is 6.01. The first kappa shape index (κ1) is 29.9. The second kappa shape index (κ2) is 12.2. The van der Waals surface area contributed by atoms with Crippen molar-refractivity contribution in [2.75, 3.05) is 20.3 Å². The minimum atomic E-state index is -4.85.